The zero-order valence-electron chi connectivity index (χ0n) is 21.1. The maximum atomic E-state index is 13.2. The van der Waals surface area contributed by atoms with E-state index in [9.17, 15) is 29.4 Å². The fourth-order valence-electron chi connectivity index (χ4n) is 4.09. The quantitative estimate of drug-likeness (QED) is 0.119. The second kappa shape index (κ2) is 10.3. The summed E-state index contributed by atoms with van der Waals surface area (Å²) < 4.78 is 7.15. The van der Waals surface area contributed by atoms with Crippen LogP contribution in [-0.2, 0) is 30.6 Å². The SMILES string of the molecule is CC(C)(ON=C(C(=O)NC1C(=O)N2C(C(=O)O)=C(C[n+]3ccc4occc4c3)CS[C@H]12)c1csc(N)n1)C(=O)O. The van der Waals surface area contributed by atoms with Crippen LogP contribution in [0.25, 0.3) is 11.0 Å². The predicted molar refractivity (Wildman–Crippen MR) is 142 cm³/mol. The van der Waals surface area contributed by atoms with E-state index in [1.54, 1.807) is 29.2 Å². The molecule has 0 spiro atoms. The van der Waals surface area contributed by atoms with Crippen molar-refractivity contribution in [3.8, 4) is 0 Å². The minimum atomic E-state index is -1.76. The zero-order chi connectivity index (χ0) is 28.8. The van der Waals surface area contributed by atoms with Crippen molar-refractivity contribution >= 4 is 68.7 Å². The molecular weight excluding hydrogens is 564 g/mol. The lowest BCUT2D eigenvalue weighted by Gasteiger charge is -2.49. The first kappa shape index (κ1) is 27.1. The van der Waals surface area contributed by atoms with Gasteiger partial charge in [0.2, 0.25) is 5.60 Å². The molecule has 40 heavy (non-hydrogen) atoms. The lowest BCUT2D eigenvalue weighted by molar-refractivity contribution is -0.687. The molecule has 1 unspecified atom stereocenters. The first-order valence-corrected chi connectivity index (χ1v) is 13.7. The molecule has 0 radical (unpaired) electrons. The number of aliphatic carboxylic acids is 2. The largest absolute Gasteiger partial charge is 0.478 e. The molecule has 208 valence electrons. The van der Waals surface area contributed by atoms with Gasteiger partial charge in [0.1, 0.15) is 28.4 Å². The van der Waals surface area contributed by atoms with E-state index >= 15 is 0 Å². The molecule has 0 aliphatic carbocycles. The number of carbonyl (C=O) groups is 4. The number of nitrogen functional groups attached to an aromatic ring is 1. The van der Waals surface area contributed by atoms with Crippen molar-refractivity contribution in [3.05, 3.63) is 53.1 Å². The van der Waals surface area contributed by atoms with Gasteiger partial charge in [-0.1, -0.05) is 5.16 Å². The van der Waals surface area contributed by atoms with Crippen LogP contribution in [0.5, 0.6) is 0 Å². The van der Waals surface area contributed by atoms with E-state index in [4.69, 9.17) is 15.0 Å². The second-order valence-corrected chi connectivity index (χ2v) is 11.4. The highest BCUT2D eigenvalue weighted by molar-refractivity contribution is 8.00. The van der Waals surface area contributed by atoms with Gasteiger partial charge in [-0.15, -0.1) is 23.1 Å². The van der Waals surface area contributed by atoms with Crippen LogP contribution in [0, 0.1) is 0 Å². The van der Waals surface area contributed by atoms with Gasteiger partial charge >= 0.3 is 11.9 Å². The van der Waals surface area contributed by atoms with Crippen molar-refractivity contribution in [1.29, 1.82) is 0 Å². The van der Waals surface area contributed by atoms with Crippen molar-refractivity contribution in [1.82, 2.24) is 15.2 Å². The molecule has 3 aromatic rings. The lowest BCUT2D eigenvalue weighted by atomic mass is 10.0. The van der Waals surface area contributed by atoms with Gasteiger partial charge in [0, 0.05) is 22.8 Å². The van der Waals surface area contributed by atoms with E-state index in [-0.39, 0.29) is 28.8 Å². The highest BCUT2D eigenvalue weighted by Gasteiger charge is 2.55. The number of nitrogens with two attached hydrogens (primary N) is 1. The Hall–Kier alpha value is -4.44. The minimum absolute atomic E-state index is 0.0288. The number of fused-ring (bicyclic) bond motifs is 2. The number of carboxylic acids is 2. The van der Waals surface area contributed by atoms with Gasteiger partial charge in [0.15, 0.2) is 29.8 Å². The number of β-lactam (4-membered cyclic amide) rings is 1. The molecule has 1 saturated heterocycles. The Bertz CT molecular complexity index is 1610. The second-order valence-electron chi connectivity index (χ2n) is 9.39. The van der Waals surface area contributed by atoms with Crippen molar-refractivity contribution in [2.24, 2.45) is 5.16 Å². The Kier molecular flexibility index (Phi) is 6.97. The van der Waals surface area contributed by atoms with E-state index in [1.807, 2.05) is 6.20 Å². The van der Waals surface area contributed by atoms with E-state index in [2.05, 4.69) is 15.5 Å². The number of rotatable bonds is 9. The Morgan fingerprint density at radius 3 is 2.80 bits per heavy atom. The van der Waals surface area contributed by atoms with Crippen LogP contribution in [0.2, 0.25) is 0 Å². The summed E-state index contributed by atoms with van der Waals surface area (Å²) in [5, 5.41) is 27.3. The fourth-order valence-corrected chi connectivity index (χ4v) is 5.97. The van der Waals surface area contributed by atoms with Crippen molar-refractivity contribution in [2.75, 3.05) is 11.5 Å². The average molecular weight is 588 g/mol. The lowest BCUT2D eigenvalue weighted by Crippen LogP contribution is -2.71. The molecule has 3 aromatic heterocycles. The highest BCUT2D eigenvalue weighted by atomic mass is 32.2. The molecule has 5 N–H and O–H groups in total. The number of nitrogens with zero attached hydrogens (tertiary/aromatic N) is 4. The van der Waals surface area contributed by atoms with Gasteiger partial charge in [-0.2, -0.15) is 0 Å². The number of furan rings is 1. The number of oxime groups is 1. The maximum absolute atomic E-state index is 13.2. The smallest absolute Gasteiger partial charge is 0.352 e. The summed E-state index contributed by atoms with van der Waals surface area (Å²) in [6.45, 7) is 2.74. The van der Waals surface area contributed by atoms with Gasteiger partial charge in [0.25, 0.3) is 11.8 Å². The van der Waals surface area contributed by atoms with Crippen LogP contribution in [0.1, 0.15) is 19.5 Å². The molecule has 2 aliphatic rings. The standard InChI is InChI=1S/C24H22N6O8S2/c1-24(2,22(35)36)38-28-15(13-10-40-23(25)26-13)18(31)27-16-19(32)30-17(21(33)34)12(9-39-20(16)30)8-29-5-3-14-11(7-29)4-6-37-14/h3-7,10,16,20H,8-9H2,1-2H3,(H4-,25,26,27,31,33,34,35,36)/p+1/t16?,20-/m1/s1. The third kappa shape index (κ3) is 4.98. The van der Waals surface area contributed by atoms with Crippen molar-refractivity contribution in [2.45, 2.75) is 37.4 Å². The molecule has 2 atom stereocenters. The van der Waals surface area contributed by atoms with Crippen LogP contribution in [-0.4, -0.2) is 72.3 Å². The monoisotopic (exact) mass is 587 g/mol. The summed E-state index contributed by atoms with van der Waals surface area (Å²) >= 11 is 2.34. The molecular formula is C24H23N6O8S2+. The van der Waals surface area contributed by atoms with Gasteiger partial charge < -0.3 is 30.5 Å². The molecule has 1 fully saturated rings. The van der Waals surface area contributed by atoms with E-state index < -0.39 is 40.8 Å². The number of thioether (sulfide) groups is 1. The molecule has 0 bridgehead atoms. The van der Waals surface area contributed by atoms with Crippen LogP contribution in [0.15, 0.2) is 57.0 Å². The number of hydrogen-bond acceptors (Lipinski definition) is 11. The summed E-state index contributed by atoms with van der Waals surface area (Å²) in [4.78, 5) is 60.3. The van der Waals surface area contributed by atoms with Crippen molar-refractivity contribution < 1.29 is 43.2 Å². The third-order valence-corrected chi connectivity index (χ3v) is 8.23. The van der Waals surface area contributed by atoms with Crippen LogP contribution < -0.4 is 15.6 Å². The number of carbonyl (C=O) groups excluding carboxylic acids is 2. The summed E-state index contributed by atoms with van der Waals surface area (Å²) in [6, 6.07) is 2.50. The molecule has 16 heteroatoms. The number of pyridine rings is 1. The Morgan fingerprint density at radius 2 is 2.12 bits per heavy atom. The van der Waals surface area contributed by atoms with Crippen LogP contribution >= 0.6 is 23.1 Å². The van der Waals surface area contributed by atoms with Gasteiger partial charge in [-0.3, -0.25) is 14.5 Å². The molecule has 2 aliphatic heterocycles. The summed E-state index contributed by atoms with van der Waals surface area (Å²) in [5.41, 5.74) is 4.67. The van der Waals surface area contributed by atoms with Gasteiger partial charge in [-0.25, -0.2) is 19.1 Å². The average Bonchev–Trinajstić information content (AvgIpc) is 3.55. The van der Waals surface area contributed by atoms with Gasteiger partial charge in [-0.05, 0) is 19.9 Å². The first-order valence-electron chi connectivity index (χ1n) is 11.7. The number of aromatic nitrogens is 2. The van der Waals surface area contributed by atoms with E-state index in [0.29, 0.717) is 16.9 Å². The normalized spacial score (nSPS) is 19.3. The van der Waals surface area contributed by atoms with E-state index in [1.165, 1.54) is 31.0 Å². The number of hydrogen-bond donors (Lipinski definition) is 4. The number of anilines is 1. The molecule has 5 heterocycles. The molecule has 0 saturated carbocycles. The minimum Gasteiger partial charge on any atom is -0.478 e. The Morgan fingerprint density at radius 1 is 1.35 bits per heavy atom. The number of amides is 2. The predicted octanol–water partition coefficient (Wildman–Crippen LogP) is 0.782. The maximum Gasteiger partial charge on any atom is 0.352 e. The van der Waals surface area contributed by atoms with Crippen LogP contribution in [0.4, 0.5) is 5.13 Å². The molecule has 5 rings (SSSR count). The summed E-state index contributed by atoms with van der Waals surface area (Å²) in [7, 11) is 0. The van der Waals surface area contributed by atoms with Crippen molar-refractivity contribution in [3.63, 3.8) is 0 Å². The first-order chi connectivity index (χ1) is 19.0. The summed E-state index contributed by atoms with van der Waals surface area (Å²) in [5.74, 6) is -3.74. The fraction of sp³-hybridized carbons (Fsp3) is 0.292. The molecule has 2 amide bonds. The number of carboxylic acid groups (broad SMARTS) is 2. The zero-order valence-corrected chi connectivity index (χ0v) is 22.7. The number of thiazole rings is 1. The Labute approximate surface area is 234 Å². The highest BCUT2D eigenvalue weighted by Crippen LogP contribution is 2.40. The topological polar surface area (TPSA) is 202 Å². The summed E-state index contributed by atoms with van der Waals surface area (Å²) in [6.07, 6.45) is 5.14. The van der Waals surface area contributed by atoms with Crippen LogP contribution in [0.3, 0.4) is 0 Å². The van der Waals surface area contributed by atoms with Gasteiger partial charge in [0.05, 0.1) is 11.6 Å². The number of nitrogens with one attached hydrogen (secondary N) is 1. The Balaban J connectivity index is 1.36. The third-order valence-electron chi connectivity index (χ3n) is 6.22. The molecule has 14 nitrogen and oxygen atoms in total. The van der Waals surface area contributed by atoms with E-state index in [0.717, 1.165) is 21.6 Å². The molecule has 0 aromatic carbocycles.